The highest BCUT2D eigenvalue weighted by atomic mass is 127. The fraction of sp³-hybridized carbons (Fsp3) is 0.222. The van der Waals surface area contributed by atoms with E-state index in [9.17, 15) is 4.79 Å². The van der Waals surface area contributed by atoms with Gasteiger partial charge < -0.3 is 4.90 Å². The van der Waals surface area contributed by atoms with Crippen LogP contribution >= 0.6 is 45.5 Å². The number of hydrogen-bond acceptors (Lipinski definition) is 4. The van der Waals surface area contributed by atoms with E-state index in [0.29, 0.717) is 22.3 Å². The SMILES string of the molecule is CN(C)CCN(C(=O)c1ccccc1I)c1nc2c(Cl)cccc2s1. The minimum absolute atomic E-state index is 0.0398. The Balaban J connectivity index is 2.03. The highest BCUT2D eigenvalue weighted by Gasteiger charge is 2.23. The van der Waals surface area contributed by atoms with Gasteiger partial charge in [0.2, 0.25) is 0 Å². The average molecular weight is 486 g/mol. The Bertz CT molecular complexity index is 912. The normalized spacial score (nSPS) is 11.2. The lowest BCUT2D eigenvalue weighted by Crippen LogP contribution is -2.37. The quantitative estimate of drug-likeness (QED) is 0.489. The number of rotatable bonds is 5. The molecule has 1 aromatic heterocycles. The van der Waals surface area contributed by atoms with Crippen LogP contribution in [0.2, 0.25) is 5.02 Å². The van der Waals surface area contributed by atoms with Crippen LogP contribution in [0.25, 0.3) is 10.2 Å². The molecule has 0 aliphatic carbocycles. The Morgan fingerprint density at radius 2 is 1.92 bits per heavy atom. The van der Waals surface area contributed by atoms with Gasteiger partial charge in [-0.1, -0.05) is 41.1 Å². The minimum Gasteiger partial charge on any atom is -0.308 e. The van der Waals surface area contributed by atoms with Gasteiger partial charge in [-0.05, 0) is 61.0 Å². The number of thiazole rings is 1. The topological polar surface area (TPSA) is 36.4 Å². The Morgan fingerprint density at radius 1 is 1.16 bits per heavy atom. The molecule has 7 heteroatoms. The third kappa shape index (κ3) is 4.13. The molecule has 0 aliphatic rings. The molecule has 0 saturated heterocycles. The summed E-state index contributed by atoms with van der Waals surface area (Å²) in [5.41, 5.74) is 1.43. The van der Waals surface area contributed by atoms with Crippen LogP contribution in [0.15, 0.2) is 42.5 Å². The summed E-state index contributed by atoms with van der Waals surface area (Å²) in [7, 11) is 3.98. The molecule has 0 spiro atoms. The van der Waals surface area contributed by atoms with Gasteiger partial charge in [0.25, 0.3) is 5.91 Å². The van der Waals surface area contributed by atoms with E-state index in [0.717, 1.165) is 20.3 Å². The second-order valence-corrected chi connectivity index (χ2v) is 8.40. The number of anilines is 1. The van der Waals surface area contributed by atoms with Gasteiger partial charge in [0.05, 0.1) is 15.3 Å². The summed E-state index contributed by atoms with van der Waals surface area (Å²) in [4.78, 5) is 21.6. The van der Waals surface area contributed by atoms with Gasteiger partial charge in [0.15, 0.2) is 5.13 Å². The van der Waals surface area contributed by atoms with Gasteiger partial charge in [-0.25, -0.2) is 4.98 Å². The van der Waals surface area contributed by atoms with Crippen molar-refractivity contribution in [1.29, 1.82) is 0 Å². The van der Waals surface area contributed by atoms with Crippen molar-refractivity contribution in [3.63, 3.8) is 0 Å². The molecular weight excluding hydrogens is 469 g/mol. The number of aromatic nitrogens is 1. The monoisotopic (exact) mass is 485 g/mol. The lowest BCUT2D eigenvalue weighted by atomic mass is 10.2. The van der Waals surface area contributed by atoms with E-state index in [4.69, 9.17) is 11.6 Å². The summed E-state index contributed by atoms with van der Waals surface area (Å²) in [5, 5.41) is 1.28. The van der Waals surface area contributed by atoms with E-state index in [2.05, 4.69) is 32.5 Å². The number of benzene rings is 2. The van der Waals surface area contributed by atoms with Crippen molar-refractivity contribution in [2.45, 2.75) is 0 Å². The van der Waals surface area contributed by atoms with Crippen LogP contribution in [0.3, 0.4) is 0 Å². The molecule has 4 nitrogen and oxygen atoms in total. The molecule has 25 heavy (non-hydrogen) atoms. The first-order chi connectivity index (χ1) is 12.0. The fourth-order valence-electron chi connectivity index (χ4n) is 2.38. The number of fused-ring (bicyclic) bond motifs is 1. The highest BCUT2D eigenvalue weighted by molar-refractivity contribution is 14.1. The van der Waals surface area contributed by atoms with E-state index >= 15 is 0 Å². The van der Waals surface area contributed by atoms with Crippen molar-refractivity contribution >= 4 is 66.8 Å². The van der Waals surface area contributed by atoms with E-state index in [1.807, 2.05) is 56.6 Å². The third-order valence-electron chi connectivity index (χ3n) is 3.71. The molecule has 0 aliphatic heterocycles. The van der Waals surface area contributed by atoms with Crippen molar-refractivity contribution < 1.29 is 4.79 Å². The Kier molecular flexibility index (Phi) is 5.93. The molecule has 0 unspecified atom stereocenters. The Labute approximate surface area is 169 Å². The molecule has 130 valence electrons. The molecule has 0 N–H and O–H groups in total. The molecule has 0 atom stereocenters. The van der Waals surface area contributed by atoms with Crippen LogP contribution < -0.4 is 4.90 Å². The molecular formula is C18H17ClIN3OS. The first-order valence-electron chi connectivity index (χ1n) is 7.73. The minimum atomic E-state index is -0.0398. The predicted octanol–water partition coefficient (Wildman–Crippen LogP) is 4.76. The molecule has 0 radical (unpaired) electrons. The van der Waals surface area contributed by atoms with Crippen LogP contribution in [0, 0.1) is 3.57 Å². The molecule has 0 bridgehead atoms. The number of carbonyl (C=O) groups is 1. The van der Waals surface area contributed by atoms with Crippen LogP contribution in [0.5, 0.6) is 0 Å². The van der Waals surface area contributed by atoms with Gasteiger partial charge in [0, 0.05) is 16.7 Å². The van der Waals surface area contributed by atoms with Crippen LogP contribution in [0.4, 0.5) is 5.13 Å². The van der Waals surface area contributed by atoms with Crippen molar-refractivity contribution in [2.75, 3.05) is 32.1 Å². The predicted molar refractivity (Wildman–Crippen MR) is 114 cm³/mol. The Hall–Kier alpha value is -1.22. The second kappa shape index (κ2) is 7.99. The summed E-state index contributed by atoms with van der Waals surface area (Å²) in [6.45, 7) is 1.31. The first-order valence-corrected chi connectivity index (χ1v) is 10.0. The van der Waals surface area contributed by atoms with E-state index < -0.39 is 0 Å². The van der Waals surface area contributed by atoms with Crippen molar-refractivity contribution in [2.24, 2.45) is 0 Å². The zero-order valence-electron chi connectivity index (χ0n) is 13.9. The maximum Gasteiger partial charge on any atom is 0.261 e. The molecule has 1 heterocycles. The van der Waals surface area contributed by atoms with E-state index in [1.165, 1.54) is 11.3 Å². The number of nitrogens with zero attached hydrogens (tertiary/aromatic N) is 3. The molecule has 1 amide bonds. The molecule has 3 aromatic rings. The number of likely N-dealkylation sites (N-methyl/N-ethyl adjacent to an activating group) is 1. The smallest absolute Gasteiger partial charge is 0.261 e. The standard InChI is InChI=1S/C18H17ClIN3OS/c1-22(2)10-11-23(17(24)12-6-3-4-8-14(12)20)18-21-16-13(19)7-5-9-15(16)25-18/h3-9H,10-11H2,1-2H3. The summed E-state index contributed by atoms with van der Waals surface area (Å²) in [6, 6.07) is 13.3. The van der Waals surface area contributed by atoms with E-state index in [1.54, 1.807) is 4.90 Å². The second-order valence-electron chi connectivity index (χ2n) is 5.82. The maximum absolute atomic E-state index is 13.2. The zero-order chi connectivity index (χ0) is 18.0. The summed E-state index contributed by atoms with van der Waals surface area (Å²) >= 11 is 9.94. The van der Waals surface area contributed by atoms with Gasteiger partial charge in [-0.3, -0.25) is 9.69 Å². The van der Waals surface area contributed by atoms with Crippen molar-refractivity contribution in [3.05, 3.63) is 56.6 Å². The lowest BCUT2D eigenvalue weighted by Gasteiger charge is -2.22. The zero-order valence-corrected chi connectivity index (χ0v) is 17.6. The van der Waals surface area contributed by atoms with Crippen LogP contribution in [0.1, 0.15) is 10.4 Å². The number of halogens is 2. The van der Waals surface area contributed by atoms with Crippen LogP contribution in [-0.4, -0.2) is 43.0 Å². The number of hydrogen-bond donors (Lipinski definition) is 0. The first kappa shape index (κ1) is 18.6. The Morgan fingerprint density at radius 3 is 2.60 bits per heavy atom. The number of para-hydroxylation sites is 1. The van der Waals surface area contributed by atoms with E-state index in [-0.39, 0.29) is 5.91 Å². The molecule has 3 rings (SSSR count). The number of amides is 1. The van der Waals surface area contributed by atoms with Gasteiger partial charge in [0.1, 0.15) is 5.52 Å². The highest BCUT2D eigenvalue weighted by Crippen LogP contribution is 2.33. The number of carbonyl (C=O) groups excluding carboxylic acids is 1. The van der Waals surface area contributed by atoms with Gasteiger partial charge in [-0.15, -0.1) is 0 Å². The molecule has 0 saturated carbocycles. The fourth-order valence-corrected chi connectivity index (χ4v) is 4.29. The summed E-state index contributed by atoms with van der Waals surface area (Å²) < 4.78 is 1.91. The maximum atomic E-state index is 13.2. The molecule has 0 fully saturated rings. The summed E-state index contributed by atoms with van der Waals surface area (Å²) in [5.74, 6) is -0.0398. The third-order valence-corrected chi connectivity index (χ3v) is 6.00. The van der Waals surface area contributed by atoms with Gasteiger partial charge >= 0.3 is 0 Å². The van der Waals surface area contributed by atoms with Gasteiger partial charge in [-0.2, -0.15) is 0 Å². The lowest BCUT2D eigenvalue weighted by molar-refractivity contribution is 0.0984. The van der Waals surface area contributed by atoms with Crippen LogP contribution in [-0.2, 0) is 0 Å². The molecule has 2 aromatic carbocycles. The van der Waals surface area contributed by atoms with Crippen molar-refractivity contribution in [3.8, 4) is 0 Å². The van der Waals surface area contributed by atoms with Crippen molar-refractivity contribution in [1.82, 2.24) is 9.88 Å². The largest absolute Gasteiger partial charge is 0.308 e. The summed E-state index contributed by atoms with van der Waals surface area (Å²) in [6.07, 6.45) is 0. The average Bonchev–Trinajstić information content (AvgIpc) is 3.00.